The first-order valence-corrected chi connectivity index (χ1v) is 6.13. The van der Waals surface area contributed by atoms with E-state index in [2.05, 4.69) is 23.3 Å². The molecule has 0 unspecified atom stereocenters. The van der Waals surface area contributed by atoms with Crippen molar-refractivity contribution in [2.45, 2.75) is 19.3 Å². The molecule has 3 heteroatoms. The summed E-state index contributed by atoms with van der Waals surface area (Å²) in [6.07, 6.45) is 3.07. The number of aryl methyl sites for hydroxylation is 1. The van der Waals surface area contributed by atoms with Gasteiger partial charge in [0.2, 0.25) is 0 Å². The first-order valence-electron chi connectivity index (χ1n) is 6.13. The van der Waals surface area contributed by atoms with Gasteiger partial charge in [-0.15, -0.1) is 0 Å². The number of nitrogens with two attached hydrogens (primary N) is 1. The van der Waals surface area contributed by atoms with Gasteiger partial charge in [-0.3, -0.25) is 0 Å². The smallest absolute Gasteiger partial charge is 0.0316 e. The highest BCUT2D eigenvalue weighted by molar-refractivity contribution is 5.40. The topological polar surface area (TPSA) is 50.1 Å². The summed E-state index contributed by atoms with van der Waals surface area (Å²) in [4.78, 5) is 0. The fraction of sp³-hybridized carbons (Fsp3) is 0.429. The lowest BCUT2D eigenvalue weighted by Crippen LogP contribution is -2.19. The third-order valence-electron chi connectivity index (χ3n) is 2.65. The van der Waals surface area contributed by atoms with Crippen LogP contribution in [0, 0.1) is 0 Å². The summed E-state index contributed by atoms with van der Waals surface area (Å²) in [5.74, 6) is 0. The van der Waals surface area contributed by atoms with E-state index in [1.165, 1.54) is 5.56 Å². The number of anilines is 1. The molecule has 0 fully saturated rings. The van der Waals surface area contributed by atoms with Crippen LogP contribution >= 0.6 is 0 Å². The standard InChI is InChI=1S/C14H23N3/c1-12(17-10-4-9-16-2)7-8-13-5-3-6-14(15)11-13/h3,5-6,11,16-17H,1,4,7-10,15H2,2H3. The minimum absolute atomic E-state index is 0.829. The molecule has 0 saturated heterocycles. The van der Waals surface area contributed by atoms with Crippen molar-refractivity contribution in [3.63, 3.8) is 0 Å². The quantitative estimate of drug-likeness (QED) is 0.475. The molecule has 1 aromatic rings. The molecule has 94 valence electrons. The third-order valence-corrected chi connectivity index (χ3v) is 2.65. The van der Waals surface area contributed by atoms with Crippen molar-refractivity contribution in [1.29, 1.82) is 0 Å². The summed E-state index contributed by atoms with van der Waals surface area (Å²) < 4.78 is 0. The maximum atomic E-state index is 5.73. The van der Waals surface area contributed by atoms with Crippen LogP contribution in [0.25, 0.3) is 0 Å². The van der Waals surface area contributed by atoms with Gasteiger partial charge >= 0.3 is 0 Å². The zero-order valence-corrected chi connectivity index (χ0v) is 10.6. The first kappa shape index (κ1) is 13.6. The molecule has 0 aliphatic rings. The third kappa shape index (κ3) is 5.97. The summed E-state index contributed by atoms with van der Waals surface area (Å²) in [7, 11) is 1.97. The Bertz CT molecular complexity index is 347. The molecular formula is C14H23N3. The van der Waals surface area contributed by atoms with Gasteiger partial charge in [0.1, 0.15) is 0 Å². The van der Waals surface area contributed by atoms with Crippen LogP contribution in [0.15, 0.2) is 36.5 Å². The van der Waals surface area contributed by atoms with Crippen LogP contribution in [0.4, 0.5) is 5.69 Å². The Balaban J connectivity index is 2.19. The highest BCUT2D eigenvalue weighted by Gasteiger charge is 1.97. The van der Waals surface area contributed by atoms with E-state index in [4.69, 9.17) is 5.73 Å². The lowest BCUT2D eigenvalue weighted by Gasteiger charge is -2.09. The van der Waals surface area contributed by atoms with Crippen molar-refractivity contribution in [2.24, 2.45) is 0 Å². The Morgan fingerprint density at radius 3 is 2.88 bits per heavy atom. The van der Waals surface area contributed by atoms with Crippen LogP contribution in [-0.2, 0) is 6.42 Å². The predicted octanol–water partition coefficient (Wildman–Crippen LogP) is 1.91. The largest absolute Gasteiger partial charge is 0.399 e. The Hall–Kier alpha value is -1.48. The van der Waals surface area contributed by atoms with Crippen molar-refractivity contribution in [2.75, 3.05) is 25.9 Å². The molecule has 0 saturated carbocycles. The molecule has 3 nitrogen and oxygen atoms in total. The van der Waals surface area contributed by atoms with Crippen LogP contribution in [0.2, 0.25) is 0 Å². The normalized spacial score (nSPS) is 10.2. The molecule has 0 spiro atoms. The number of benzene rings is 1. The average molecular weight is 233 g/mol. The number of hydrogen-bond acceptors (Lipinski definition) is 3. The minimum Gasteiger partial charge on any atom is -0.399 e. The van der Waals surface area contributed by atoms with Crippen molar-refractivity contribution in [1.82, 2.24) is 10.6 Å². The van der Waals surface area contributed by atoms with Crippen LogP contribution in [0.5, 0.6) is 0 Å². The molecular weight excluding hydrogens is 210 g/mol. The predicted molar refractivity (Wildman–Crippen MR) is 74.9 cm³/mol. The van der Waals surface area contributed by atoms with E-state index in [1.807, 2.05) is 25.2 Å². The molecule has 0 bridgehead atoms. The zero-order valence-electron chi connectivity index (χ0n) is 10.6. The van der Waals surface area contributed by atoms with E-state index >= 15 is 0 Å². The summed E-state index contributed by atoms with van der Waals surface area (Å²) in [6.45, 7) is 6.05. The minimum atomic E-state index is 0.829. The lowest BCUT2D eigenvalue weighted by molar-refractivity contribution is 0.661. The second-order valence-corrected chi connectivity index (χ2v) is 4.23. The van der Waals surface area contributed by atoms with Gasteiger partial charge < -0.3 is 16.4 Å². The van der Waals surface area contributed by atoms with E-state index in [0.717, 1.165) is 43.7 Å². The van der Waals surface area contributed by atoms with Crippen LogP contribution in [0.3, 0.4) is 0 Å². The zero-order chi connectivity index (χ0) is 12.5. The van der Waals surface area contributed by atoms with Crippen molar-refractivity contribution in [3.05, 3.63) is 42.1 Å². The lowest BCUT2D eigenvalue weighted by atomic mass is 10.1. The second-order valence-electron chi connectivity index (χ2n) is 4.23. The highest BCUT2D eigenvalue weighted by atomic mass is 14.9. The van der Waals surface area contributed by atoms with E-state index in [9.17, 15) is 0 Å². The SMILES string of the molecule is C=C(CCc1cccc(N)c1)NCCCNC. The maximum absolute atomic E-state index is 5.73. The molecule has 1 rings (SSSR count). The highest BCUT2D eigenvalue weighted by Crippen LogP contribution is 2.10. The summed E-state index contributed by atoms with van der Waals surface area (Å²) >= 11 is 0. The second kappa shape index (κ2) is 7.74. The average Bonchev–Trinajstić information content (AvgIpc) is 2.32. The Morgan fingerprint density at radius 2 is 2.18 bits per heavy atom. The molecule has 1 aromatic carbocycles. The van der Waals surface area contributed by atoms with Crippen molar-refractivity contribution < 1.29 is 0 Å². The van der Waals surface area contributed by atoms with Gasteiger partial charge in [-0.2, -0.15) is 0 Å². The maximum Gasteiger partial charge on any atom is 0.0316 e. The Labute approximate surface area is 104 Å². The summed E-state index contributed by atoms with van der Waals surface area (Å²) in [6, 6.07) is 8.03. The van der Waals surface area contributed by atoms with Crippen LogP contribution in [-0.4, -0.2) is 20.1 Å². The Kier molecular flexibility index (Phi) is 6.18. The summed E-state index contributed by atoms with van der Waals surface area (Å²) in [5.41, 5.74) is 8.93. The molecule has 0 aliphatic carbocycles. The summed E-state index contributed by atoms with van der Waals surface area (Å²) in [5, 5.41) is 6.46. The molecule has 0 aromatic heterocycles. The van der Waals surface area contributed by atoms with E-state index in [1.54, 1.807) is 0 Å². The monoisotopic (exact) mass is 233 g/mol. The van der Waals surface area contributed by atoms with Gasteiger partial charge in [0.05, 0.1) is 0 Å². The molecule has 4 N–H and O–H groups in total. The molecule has 17 heavy (non-hydrogen) atoms. The van der Waals surface area contributed by atoms with Gasteiger partial charge in [0.25, 0.3) is 0 Å². The fourth-order valence-corrected chi connectivity index (χ4v) is 1.66. The molecule has 0 amide bonds. The molecule has 0 aliphatic heterocycles. The fourth-order valence-electron chi connectivity index (χ4n) is 1.66. The molecule has 0 atom stereocenters. The first-order chi connectivity index (χ1) is 8.22. The number of allylic oxidation sites excluding steroid dienone is 1. The van der Waals surface area contributed by atoms with Gasteiger partial charge in [-0.25, -0.2) is 0 Å². The number of rotatable bonds is 8. The number of hydrogen-bond donors (Lipinski definition) is 3. The van der Waals surface area contributed by atoms with E-state index < -0.39 is 0 Å². The van der Waals surface area contributed by atoms with E-state index in [0.29, 0.717) is 0 Å². The molecule has 0 heterocycles. The number of nitrogens with one attached hydrogen (secondary N) is 2. The van der Waals surface area contributed by atoms with E-state index in [-0.39, 0.29) is 0 Å². The van der Waals surface area contributed by atoms with Gasteiger partial charge in [0, 0.05) is 17.9 Å². The van der Waals surface area contributed by atoms with Crippen molar-refractivity contribution in [3.8, 4) is 0 Å². The van der Waals surface area contributed by atoms with Gasteiger partial charge in [-0.1, -0.05) is 18.7 Å². The van der Waals surface area contributed by atoms with Gasteiger partial charge in [-0.05, 0) is 50.6 Å². The van der Waals surface area contributed by atoms with Crippen LogP contribution < -0.4 is 16.4 Å². The Morgan fingerprint density at radius 1 is 1.35 bits per heavy atom. The van der Waals surface area contributed by atoms with Gasteiger partial charge in [0.15, 0.2) is 0 Å². The van der Waals surface area contributed by atoms with Crippen molar-refractivity contribution >= 4 is 5.69 Å². The molecule has 0 radical (unpaired) electrons. The van der Waals surface area contributed by atoms with Crippen LogP contribution in [0.1, 0.15) is 18.4 Å². The number of nitrogen functional groups attached to an aromatic ring is 1.